The van der Waals surface area contributed by atoms with E-state index in [0.717, 1.165) is 11.1 Å². The van der Waals surface area contributed by atoms with Gasteiger partial charge in [-0.15, -0.1) is 0 Å². The van der Waals surface area contributed by atoms with Gasteiger partial charge in [0.25, 0.3) is 0 Å². The van der Waals surface area contributed by atoms with Crippen molar-refractivity contribution in [2.75, 3.05) is 0 Å². The van der Waals surface area contributed by atoms with Gasteiger partial charge in [0.15, 0.2) is 0 Å². The molecule has 0 N–H and O–H groups in total. The van der Waals surface area contributed by atoms with Gasteiger partial charge in [-0.05, 0) is 23.5 Å². The SMILES string of the molecule is C=C(Cl)/C(C)=C/C(=C)C(C)(C)C. The molecular weight excluding hydrogens is 168 g/mol. The van der Waals surface area contributed by atoms with Gasteiger partial charge >= 0.3 is 0 Å². The van der Waals surface area contributed by atoms with Crippen LogP contribution < -0.4 is 0 Å². The second-order valence-corrected chi connectivity index (χ2v) is 4.46. The van der Waals surface area contributed by atoms with Crippen LogP contribution in [-0.4, -0.2) is 0 Å². The van der Waals surface area contributed by atoms with Gasteiger partial charge in [-0.2, -0.15) is 0 Å². The van der Waals surface area contributed by atoms with Gasteiger partial charge in [0.2, 0.25) is 0 Å². The summed E-state index contributed by atoms with van der Waals surface area (Å²) in [7, 11) is 0. The molecule has 1 heteroatoms. The molecule has 0 atom stereocenters. The van der Waals surface area contributed by atoms with Gasteiger partial charge < -0.3 is 0 Å². The molecule has 0 aliphatic rings. The highest BCUT2D eigenvalue weighted by Crippen LogP contribution is 2.26. The lowest BCUT2D eigenvalue weighted by Crippen LogP contribution is -2.06. The van der Waals surface area contributed by atoms with Crippen molar-refractivity contribution in [3.05, 3.63) is 35.4 Å². The lowest BCUT2D eigenvalue weighted by molar-refractivity contribution is 0.518. The zero-order valence-corrected chi connectivity index (χ0v) is 9.13. The van der Waals surface area contributed by atoms with Crippen LogP contribution in [0, 0.1) is 5.41 Å². The minimum Gasteiger partial charge on any atom is -0.0953 e. The standard InChI is InChI=1S/C11H17Cl/c1-8(10(3)12)7-9(2)11(4,5)6/h7H,2-3H2,1,4-6H3/b8-7+. The van der Waals surface area contributed by atoms with Crippen molar-refractivity contribution < 1.29 is 0 Å². The fourth-order valence-corrected chi connectivity index (χ4v) is 0.611. The Labute approximate surface area is 80.6 Å². The second-order valence-electron chi connectivity index (χ2n) is 4.01. The van der Waals surface area contributed by atoms with Crippen molar-refractivity contribution in [1.82, 2.24) is 0 Å². The Morgan fingerprint density at radius 2 is 1.67 bits per heavy atom. The van der Waals surface area contributed by atoms with E-state index in [9.17, 15) is 0 Å². The van der Waals surface area contributed by atoms with Crippen molar-refractivity contribution in [3.8, 4) is 0 Å². The molecule has 0 aliphatic heterocycles. The third-order valence-electron chi connectivity index (χ3n) is 1.78. The first-order valence-corrected chi connectivity index (χ1v) is 4.35. The summed E-state index contributed by atoms with van der Waals surface area (Å²) in [5.41, 5.74) is 2.16. The van der Waals surface area contributed by atoms with E-state index in [1.54, 1.807) is 0 Å². The van der Waals surface area contributed by atoms with E-state index < -0.39 is 0 Å². The van der Waals surface area contributed by atoms with E-state index in [1.165, 1.54) is 0 Å². The fraction of sp³-hybridized carbons (Fsp3) is 0.455. The summed E-state index contributed by atoms with van der Waals surface area (Å²) in [6, 6.07) is 0. The summed E-state index contributed by atoms with van der Waals surface area (Å²) in [5, 5.41) is 0.584. The van der Waals surface area contributed by atoms with Crippen molar-refractivity contribution in [1.29, 1.82) is 0 Å². The van der Waals surface area contributed by atoms with Gasteiger partial charge in [0.05, 0.1) is 0 Å². The fourth-order valence-electron chi connectivity index (χ4n) is 0.556. The molecule has 0 heterocycles. The highest BCUT2D eigenvalue weighted by molar-refractivity contribution is 6.31. The maximum atomic E-state index is 5.72. The van der Waals surface area contributed by atoms with E-state index in [4.69, 9.17) is 11.6 Å². The second kappa shape index (κ2) is 3.95. The summed E-state index contributed by atoms with van der Waals surface area (Å²) in [6.45, 7) is 15.9. The van der Waals surface area contributed by atoms with E-state index in [2.05, 4.69) is 33.9 Å². The van der Waals surface area contributed by atoms with Crippen molar-refractivity contribution >= 4 is 11.6 Å². The molecule has 0 nitrogen and oxygen atoms in total. The Bertz CT molecular complexity index is 226. The molecule has 0 aliphatic carbocycles. The minimum atomic E-state index is 0.105. The van der Waals surface area contributed by atoms with Crippen LogP contribution in [0.25, 0.3) is 0 Å². The third kappa shape index (κ3) is 3.77. The van der Waals surface area contributed by atoms with Gasteiger partial charge in [-0.1, -0.05) is 51.6 Å². The van der Waals surface area contributed by atoms with Gasteiger partial charge in [-0.25, -0.2) is 0 Å². The first-order valence-electron chi connectivity index (χ1n) is 3.97. The van der Waals surface area contributed by atoms with Crippen LogP contribution in [0.4, 0.5) is 0 Å². The predicted molar refractivity (Wildman–Crippen MR) is 57.3 cm³/mol. The lowest BCUT2D eigenvalue weighted by atomic mass is 9.86. The van der Waals surface area contributed by atoms with Crippen LogP contribution in [0.15, 0.2) is 35.4 Å². The maximum Gasteiger partial charge on any atom is 0.0363 e. The van der Waals surface area contributed by atoms with Gasteiger partial charge in [0, 0.05) is 5.03 Å². The van der Waals surface area contributed by atoms with E-state index in [1.807, 2.05) is 13.0 Å². The molecule has 0 unspecified atom stereocenters. The Hall–Kier alpha value is -0.490. The first-order chi connectivity index (χ1) is 5.25. The predicted octanol–water partition coefficient (Wildman–Crippen LogP) is 4.29. The third-order valence-corrected chi connectivity index (χ3v) is 2.08. The molecule has 12 heavy (non-hydrogen) atoms. The Morgan fingerprint density at radius 3 is 1.92 bits per heavy atom. The molecule has 0 aromatic rings. The molecule has 0 radical (unpaired) electrons. The van der Waals surface area contributed by atoms with E-state index >= 15 is 0 Å². The monoisotopic (exact) mass is 184 g/mol. The number of hydrogen-bond acceptors (Lipinski definition) is 0. The summed E-state index contributed by atoms with van der Waals surface area (Å²) in [6.07, 6.45) is 1.98. The lowest BCUT2D eigenvalue weighted by Gasteiger charge is -2.19. The zero-order chi connectivity index (χ0) is 9.94. The molecule has 0 bridgehead atoms. The first kappa shape index (κ1) is 11.5. The quantitative estimate of drug-likeness (QED) is 0.562. The van der Waals surface area contributed by atoms with Crippen molar-refractivity contribution in [2.45, 2.75) is 27.7 Å². The van der Waals surface area contributed by atoms with E-state index in [0.29, 0.717) is 5.03 Å². The average Bonchev–Trinajstić information content (AvgIpc) is 1.85. The highest BCUT2D eigenvalue weighted by atomic mass is 35.5. The summed E-state index contributed by atoms with van der Waals surface area (Å²) >= 11 is 5.72. The normalized spacial score (nSPS) is 12.9. The van der Waals surface area contributed by atoms with Crippen LogP contribution in [0.1, 0.15) is 27.7 Å². The average molecular weight is 185 g/mol. The molecule has 0 rings (SSSR count). The number of allylic oxidation sites excluding steroid dienone is 4. The summed E-state index contributed by atoms with van der Waals surface area (Å²) in [5.74, 6) is 0. The number of hydrogen-bond donors (Lipinski definition) is 0. The summed E-state index contributed by atoms with van der Waals surface area (Å²) < 4.78 is 0. The highest BCUT2D eigenvalue weighted by Gasteiger charge is 2.12. The maximum absolute atomic E-state index is 5.72. The Balaban J connectivity index is 4.57. The van der Waals surface area contributed by atoms with E-state index in [-0.39, 0.29) is 5.41 Å². The Kier molecular flexibility index (Phi) is 3.79. The molecule has 0 amide bonds. The molecular formula is C11H17Cl. The largest absolute Gasteiger partial charge is 0.0953 e. The van der Waals surface area contributed by atoms with Crippen LogP contribution in [0.3, 0.4) is 0 Å². The molecule has 0 fully saturated rings. The van der Waals surface area contributed by atoms with Crippen molar-refractivity contribution in [3.63, 3.8) is 0 Å². The van der Waals surface area contributed by atoms with Gasteiger partial charge in [0.1, 0.15) is 0 Å². The molecule has 0 aromatic heterocycles. The molecule has 0 spiro atoms. The zero-order valence-electron chi connectivity index (χ0n) is 8.37. The molecule has 68 valence electrons. The summed E-state index contributed by atoms with van der Waals surface area (Å²) in [4.78, 5) is 0. The molecule has 0 saturated heterocycles. The minimum absolute atomic E-state index is 0.105. The number of rotatable bonds is 2. The topological polar surface area (TPSA) is 0 Å². The van der Waals surface area contributed by atoms with Crippen LogP contribution in [0.5, 0.6) is 0 Å². The Morgan fingerprint density at radius 1 is 1.25 bits per heavy atom. The van der Waals surface area contributed by atoms with Crippen LogP contribution in [0.2, 0.25) is 0 Å². The van der Waals surface area contributed by atoms with Crippen LogP contribution >= 0.6 is 11.6 Å². The smallest absolute Gasteiger partial charge is 0.0363 e. The van der Waals surface area contributed by atoms with Crippen LogP contribution in [-0.2, 0) is 0 Å². The molecule has 0 saturated carbocycles. The van der Waals surface area contributed by atoms with Gasteiger partial charge in [-0.3, -0.25) is 0 Å². The molecule has 0 aromatic carbocycles. The van der Waals surface area contributed by atoms with Crippen molar-refractivity contribution in [2.24, 2.45) is 5.41 Å². The number of halogens is 1.